The van der Waals surface area contributed by atoms with Gasteiger partial charge >= 0.3 is 6.09 Å². The molecule has 44 heavy (non-hydrogen) atoms. The molecule has 0 aliphatic carbocycles. The van der Waals surface area contributed by atoms with Crippen LogP contribution in [-0.2, 0) is 4.74 Å². The van der Waals surface area contributed by atoms with E-state index >= 15 is 0 Å². The lowest BCUT2D eigenvalue weighted by Gasteiger charge is -2.34. The van der Waals surface area contributed by atoms with E-state index in [9.17, 15) is 9.59 Å². The molecule has 0 aliphatic heterocycles. The number of amides is 2. The van der Waals surface area contributed by atoms with E-state index in [4.69, 9.17) is 9.15 Å². The van der Waals surface area contributed by atoms with Crippen molar-refractivity contribution in [1.29, 1.82) is 0 Å². The van der Waals surface area contributed by atoms with Gasteiger partial charge in [-0.1, -0.05) is 36.4 Å². The van der Waals surface area contributed by atoms with Crippen LogP contribution in [-0.4, -0.2) is 34.6 Å². The number of methoxy groups -OCH3 is 1. The van der Waals surface area contributed by atoms with E-state index in [1.807, 2.05) is 81.4 Å². The van der Waals surface area contributed by atoms with Gasteiger partial charge in [-0.05, 0) is 75.4 Å². The van der Waals surface area contributed by atoms with Gasteiger partial charge in [0.25, 0.3) is 5.91 Å². The Hall–Kier alpha value is -5.70. The van der Waals surface area contributed by atoms with Crippen LogP contribution in [0.25, 0.3) is 33.2 Å². The van der Waals surface area contributed by atoms with Gasteiger partial charge in [0.05, 0.1) is 12.8 Å². The van der Waals surface area contributed by atoms with E-state index < -0.39 is 11.6 Å². The highest BCUT2D eigenvalue weighted by Gasteiger charge is 2.29. The number of fused-ring (bicyclic) bond motifs is 3. The van der Waals surface area contributed by atoms with E-state index in [0.717, 1.165) is 38.9 Å². The Morgan fingerprint density at radius 2 is 1.55 bits per heavy atom. The maximum atomic E-state index is 13.1. The highest BCUT2D eigenvalue weighted by atomic mass is 16.5. The molecule has 2 aromatic heterocycles. The first-order chi connectivity index (χ1) is 21.2. The van der Waals surface area contributed by atoms with Crippen LogP contribution < -0.4 is 15.5 Å². The number of benzene rings is 4. The number of hydrogen-bond donors (Lipinski definition) is 2. The highest BCUT2D eigenvalue weighted by molar-refractivity contribution is 6.09. The minimum absolute atomic E-state index is 0.300. The molecule has 0 radical (unpaired) electrons. The predicted molar refractivity (Wildman–Crippen MR) is 174 cm³/mol. The van der Waals surface area contributed by atoms with Crippen molar-refractivity contribution in [3.8, 4) is 11.3 Å². The smallest absolute Gasteiger partial charge is 0.414 e. The summed E-state index contributed by atoms with van der Waals surface area (Å²) in [5, 5.41) is 8.32. The van der Waals surface area contributed by atoms with Crippen molar-refractivity contribution >= 4 is 56.8 Å². The fraction of sp³-hybridized carbons (Fsp3) is 0.143. The van der Waals surface area contributed by atoms with Gasteiger partial charge in [-0.3, -0.25) is 9.69 Å². The summed E-state index contributed by atoms with van der Waals surface area (Å²) >= 11 is 0. The van der Waals surface area contributed by atoms with Crippen molar-refractivity contribution in [3.05, 3.63) is 109 Å². The van der Waals surface area contributed by atoms with Gasteiger partial charge in [-0.15, -0.1) is 0 Å². The number of carbonyl (C=O) groups is 2. The lowest BCUT2D eigenvalue weighted by molar-refractivity contribution is 0.102. The van der Waals surface area contributed by atoms with Crippen LogP contribution in [0.15, 0.2) is 108 Å². The molecule has 9 nitrogen and oxygen atoms in total. The first kappa shape index (κ1) is 28.4. The molecule has 4 aromatic carbocycles. The Balaban J connectivity index is 1.17. The number of para-hydroxylation sites is 2. The zero-order valence-corrected chi connectivity index (χ0v) is 24.8. The Bertz CT molecular complexity index is 1990. The van der Waals surface area contributed by atoms with Crippen molar-refractivity contribution in [2.75, 3.05) is 22.6 Å². The number of hydrogen-bond acceptors (Lipinski definition) is 7. The monoisotopic (exact) mass is 585 g/mol. The molecule has 2 amide bonds. The number of anilines is 4. The zero-order chi connectivity index (χ0) is 30.8. The number of nitrogens with zero attached hydrogens (tertiary/aromatic N) is 3. The molecular formula is C35H31N5O4. The van der Waals surface area contributed by atoms with Gasteiger partial charge in [0.1, 0.15) is 23.3 Å². The largest absolute Gasteiger partial charge is 0.455 e. The second kappa shape index (κ2) is 11.5. The lowest BCUT2D eigenvalue weighted by atomic mass is 10.0. The third kappa shape index (κ3) is 5.67. The summed E-state index contributed by atoms with van der Waals surface area (Å²) in [6.45, 7) is 5.70. The molecule has 6 aromatic rings. The third-order valence-corrected chi connectivity index (χ3v) is 7.16. The first-order valence-electron chi connectivity index (χ1n) is 14.1. The molecule has 9 heteroatoms. The van der Waals surface area contributed by atoms with Crippen LogP contribution in [0.1, 0.15) is 31.1 Å². The van der Waals surface area contributed by atoms with Crippen molar-refractivity contribution in [2.45, 2.75) is 26.3 Å². The number of furan rings is 1. The molecular weight excluding hydrogens is 554 g/mol. The van der Waals surface area contributed by atoms with E-state index in [1.165, 1.54) is 18.3 Å². The van der Waals surface area contributed by atoms with E-state index in [1.54, 1.807) is 36.4 Å². The van der Waals surface area contributed by atoms with Crippen molar-refractivity contribution < 1.29 is 18.7 Å². The predicted octanol–water partition coefficient (Wildman–Crippen LogP) is 8.41. The number of ether oxygens (including phenoxy) is 1. The van der Waals surface area contributed by atoms with Crippen LogP contribution in [0.3, 0.4) is 0 Å². The van der Waals surface area contributed by atoms with E-state index in [2.05, 4.69) is 20.6 Å². The lowest BCUT2D eigenvalue weighted by Crippen LogP contribution is -2.46. The summed E-state index contributed by atoms with van der Waals surface area (Å²) in [7, 11) is 1.34. The number of carbonyl (C=O) groups excluding carboxylic acids is 2. The highest BCUT2D eigenvalue weighted by Crippen LogP contribution is 2.35. The van der Waals surface area contributed by atoms with Crippen LogP contribution >= 0.6 is 0 Å². The summed E-state index contributed by atoms with van der Waals surface area (Å²) in [4.78, 5) is 36.0. The molecule has 0 fully saturated rings. The van der Waals surface area contributed by atoms with Gasteiger partial charge in [0.15, 0.2) is 0 Å². The Morgan fingerprint density at radius 3 is 2.32 bits per heavy atom. The van der Waals surface area contributed by atoms with Gasteiger partial charge in [0.2, 0.25) is 0 Å². The SMILES string of the molecule is COC(=O)N(c1cccc(C(=O)Nc2ccc(Nc3cc(-c4cccc5c4oc4ccccc45)ncn3)cc2)c1)C(C)(C)C. The molecule has 2 heterocycles. The summed E-state index contributed by atoms with van der Waals surface area (Å²) in [5.41, 5.74) is 5.06. The molecule has 0 saturated heterocycles. The molecule has 0 saturated carbocycles. The summed E-state index contributed by atoms with van der Waals surface area (Å²) in [6, 6.07) is 30.1. The maximum absolute atomic E-state index is 13.1. The Kier molecular flexibility index (Phi) is 7.45. The number of nitrogens with one attached hydrogen (secondary N) is 2. The molecule has 0 atom stereocenters. The summed E-state index contributed by atoms with van der Waals surface area (Å²) in [6.07, 6.45) is 1.02. The second-order valence-corrected chi connectivity index (χ2v) is 11.3. The van der Waals surface area contributed by atoms with Gasteiger partial charge in [-0.25, -0.2) is 14.8 Å². The number of rotatable bonds is 6. The Morgan fingerprint density at radius 1 is 0.818 bits per heavy atom. The van der Waals surface area contributed by atoms with E-state index in [0.29, 0.717) is 22.8 Å². The summed E-state index contributed by atoms with van der Waals surface area (Å²) < 4.78 is 11.2. The number of aromatic nitrogens is 2. The summed E-state index contributed by atoms with van der Waals surface area (Å²) in [5.74, 6) is 0.317. The minimum atomic E-state index is -0.545. The van der Waals surface area contributed by atoms with Crippen LogP contribution in [0.4, 0.5) is 27.7 Å². The molecule has 0 spiro atoms. The zero-order valence-electron chi connectivity index (χ0n) is 24.8. The normalized spacial score (nSPS) is 11.4. The van der Waals surface area contributed by atoms with Crippen molar-refractivity contribution in [3.63, 3.8) is 0 Å². The van der Waals surface area contributed by atoms with Crippen LogP contribution in [0.5, 0.6) is 0 Å². The third-order valence-electron chi connectivity index (χ3n) is 7.16. The van der Waals surface area contributed by atoms with E-state index in [-0.39, 0.29) is 5.91 Å². The molecule has 0 unspecified atom stereocenters. The fourth-order valence-corrected chi connectivity index (χ4v) is 5.15. The Labute approximate surface area is 254 Å². The quantitative estimate of drug-likeness (QED) is 0.202. The van der Waals surface area contributed by atoms with Crippen molar-refractivity contribution in [2.24, 2.45) is 0 Å². The molecule has 2 N–H and O–H groups in total. The average molecular weight is 586 g/mol. The topological polar surface area (TPSA) is 110 Å². The standard InChI is InChI=1S/C35H31N5O4/c1-35(2,3)40(34(42)43-4)25-10-7-9-22(19-25)33(41)39-24-17-15-23(16-18-24)38-31-20-29(36-21-37-31)28-13-8-12-27-26-11-5-6-14-30(26)44-32(27)28/h5-21H,1-4H3,(H,39,41)(H,36,37,38). The van der Waals surface area contributed by atoms with Crippen LogP contribution in [0.2, 0.25) is 0 Å². The second-order valence-electron chi connectivity index (χ2n) is 11.3. The molecule has 0 aliphatic rings. The molecule has 6 rings (SSSR count). The first-order valence-corrected chi connectivity index (χ1v) is 14.1. The fourth-order valence-electron chi connectivity index (χ4n) is 5.15. The van der Waals surface area contributed by atoms with Gasteiger partial charge < -0.3 is 19.8 Å². The minimum Gasteiger partial charge on any atom is -0.455 e. The maximum Gasteiger partial charge on any atom is 0.414 e. The van der Waals surface area contributed by atoms with Gasteiger partial charge in [-0.2, -0.15) is 0 Å². The molecule has 0 bridgehead atoms. The average Bonchev–Trinajstić information content (AvgIpc) is 3.40. The van der Waals surface area contributed by atoms with Crippen molar-refractivity contribution in [1.82, 2.24) is 9.97 Å². The van der Waals surface area contributed by atoms with Gasteiger partial charge in [0, 0.05) is 50.6 Å². The molecule has 220 valence electrons. The van der Waals surface area contributed by atoms with Crippen LogP contribution in [0, 0.1) is 0 Å².